The van der Waals surface area contributed by atoms with Crippen LogP contribution in [0.2, 0.25) is 0 Å². The second-order valence-electron chi connectivity index (χ2n) is 5.74. The Morgan fingerprint density at radius 3 is 2.36 bits per heavy atom. The number of hydrogen-bond acceptors (Lipinski definition) is 6. The monoisotopic (exact) mass is 343 g/mol. The van der Waals surface area contributed by atoms with Gasteiger partial charge in [0.25, 0.3) is 5.91 Å². The Labute approximate surface area is 144 Å². The third-order valence-electron chi connectivity index (χ3n) is 4.12. The normalized spacial score (nSPS) is 15.1. The zero-order chi connectivity index (χ0) is 17.2. The van der Waals surface area contributed by atoms with E-state index in [0.29, 0.717) is 41.5 Å². The maximum Gasteiger partial charge on any atom is 0.251 e. The Morgan fingerprint density at radius 2 is 1.60 bits per heavy atom. The minimum absolute atomic E-state index is 0.169. The molecule has 7 nitrogen and oxygen atoms in total. The molecule has 2 heterocycles. The van der Waals surface area contributed by atoms with Crippen LogP contribution in [-0.4, -0.2) is 31.1 Å². The van der Waals surface area contributed by atoms with E-state index < -0.39 is 6.10 Å². The van der Waals surface area contributed by atoms with Gasteiger partial charge in [-0.3, -0.25) is 4.79 Å². The Hall–Kier alpha value is -2.93. The zero-order valence-electron chi connectivity index (χ0n) is 13.4. The summed E-state index contributed by atoms with van der Waals surface area (Å²) in [5, 5.41) is 13.1. The summed E-state index contributed by atoms with van der Waals surface area (Å²) in [6.07, 6.45) is -0.317. The molecule has 0 saturated heterocycles. The lowest BCUT2D eigenvalue weighted by Crippen LogP contribution is -2.25. The van der Waals surface area contributed by atoms with Crippen molar-refractivity contribution in [1.29, 1.82) is 0 Å². The van der Waals surface area contributed by atoms with Crippen LogP contribution >= 0.6 is 0 Å². The molecule has 0 radical (unpaired) electrons. The van der Waals surface area contributed by atoms with Crippen LogP contribution in [0.5, 0.6) is 23.0 Å². The van der Waals surface area contributed by atoms with Gasteiger partial charge in [-0.05, 0) is 42.3 Å². The fourth-order valence-corrected chi connectivity index (χ4v) is 2.75. The molecule has 2 N–H and O–H groups in total. The molecule has 2 aliphatic rings. The van der Waals surface area contributed by atoms with Crippen LogP contribution in [0, 0.1) is 0 Å². The van der Waals surface area contributed by atoms with E-state index in [-0.39, 0.29) is 19.5 Å². The van der Waals surface area contributed by atoms with Crippen LogP contribution < -0.4 is 24.3 Å². The van der Waals surface area contributed by atoms with Crippen LogP contribution in [0.4, 0.5) is 0 Å². The summed E-state index contributed by atoms with van der Waals surface area (Å²) in [5.74, 6) is 2.27. The molecule has 2 aromatic rings. The van der Waals surface area contributed by atoms with Crippen LogP contribution in [0.3, 0.4) is 0 Å². The van der Waals surface area contributed by atoms with Crippen LogP contribution in [0.1, 0.15) is 28.4 Å². The van der Waals surface area contributed by atoms with Crippen LogP contribution in [-0.2, 0) is 0 Å². The summed E-state index contributed by atoms with van der Waals surface area (Å²) < 4.78 is 21.0. The number of hydrogen-bond donors (Lipinski definition) is 2. The third-order valence-corrected chi connectivity index (χ3v) is 4.12. The van der Waals surface area contributed by atoms with Gasteiger partial charge in [-0.2, -0.15) is 0 Å². The maximum atomic E-state index is 12.2. The molecule has 1 amide bonds. The summed E-state index contributed by atoms with van der Waals surface area (Å²) in [7, 11) is 0. The third kappa shape index (κ3) is 3.18. The molecule has 0 spiro atoms. The van der Waals surface area contributed by atoms with Crippen molar-refractivity contribution in [3.05, 3.63) is 47.5 Å². The second kappa shape index (κ2) is 6.52. The van der Waals surface area contributed by atoms with E-state index in [2.05, 4.69) is 5.32 Å². The van der Waals surface area contributed by atoms with Crippen molar-refractivity contribution < 1.29 is 28.8 Å². The van der Waals surface area contributed by atoms with Gasteiger partial charge in [0.1, 0.15) is 0 Å². The van der Waals surface area contributed by atoms with Gasteiger partial charge in [-0.25, -0.2) is 0 Å². The number of ether oxygens (including phenoxy) is 4. The largest absolute Gasteiger partial charge is 0.454 e. The molecular weight excluding hydrogens is 326 g/mol. The predicted octanol–water partition coefficient (Wildman–Crippen LogP) is 2.00. The Kier molecular flexibility index (Phi) is 4.07. The van der Waals surface area contributed by atoms with Gasteiger partial charge >= 0.3 is 0 Å². The topological polar surface area (TPSA) is 86.3 Å². The van der Waals surface area contributed by atoms with Crippen molar-refractivity contribution in [3.63, 3.8) is 0 Å². The molecule has 0 saturated carbocycles. The van der Waals surface area contributed by atoms with E-state index in [1.165, 1.54) is 0 Å². The van der Waals surface area contributed by atoms with Gasteiger partial charge in [-0.15, -0.1) is 0 Å². The predicted molar refractivity (Wildman–Crippen MR) is 87.0 cm³/mol. The Balaban J connectivity index is 1.32. The number of benzene rings is 2. The van der Waals surface area contributed by atoms with Gasteiger partial charge in [0, 0.05) is 12.1 Å². The first-order valence-corrected chi connectivity index (χ1v) is 7.96. The first-order valence-electron chi connectivity index (χ1n) is 7.96. The van der Waals surface area contributed by atoms with Gasteiger partial charge in [0.15, 0.2) is 23.0 Å². The number of fused-ring (bicyclic) bond motifs is 2. The average Bonchev–Trinajstić information content (AvgIpc) is 3.28. The molecule has 0 aromatic heterocycles. The quantitative estimate of drug-likeness (QED) is 0.864. The van der Waals surface area contributed by atoms with E-state index in [9.17, 15) is 9.90 Å². The lowest BCUT2D eigenvalue weighted by molar-refractivity contribution is 0.0942. The SMILES string of the molecule is O=C(NCC[C@@H](O)c1ccc2c(c1)OCO2)c1ccc2c(c1)OCO2. The van der Waals surface area contributed by atoms with Gasteiger partial charge < -0.3 is 29.4 Å². The lowest BCUT2D eigenvalue weighted by atomic mass is 10.1. The molecule has 2 aromatic carbocycles. The van der Waals surface area contributed by atoms with Crippen molar-refractivity contribution in [2.45, 2.75) is 12.5 Å². The highest BCUT2D eigenvalue weighted by atomic mass is 16.7. The number of carbonyl (C=O) groups is 1. The second-order valence-corrected chi connectivity index (χ2v) is 5.74. The number of carbonyl (C=O) groups excluding carboxylic acids is 1. The minimum Gasteiger partial charge on any atom is -0.454 e. The van der Waals surface area contributed by atoms with E-state index >= 15 is 0 Å². The Morgan fingerprint density at radius 1 is 0.960 bits per heavy atom. The summed E-state index contributed by atoms with van der Waals surface area (Å²) >= 11 is 0. The molecule has 1 atom stereocenters. The molecule has 0 aliphatic carbocycles. The Bertz CT molecular complexity index is 806. The van der Waals surface area contributed by atoms with E-state index in [1.807, 2.05) is 0 Å². The summed E-state index contributed by atoms with van der Waals surface area (Å²) in [6.45, 7) is 0.700. The molecule has 4 rings (SSSR count). The molecule has 7 heteroatoms. The fraction of sp³-hybridized carbons (Fsp3) is 0.278. The van der Waals surface area contributed by atoms with Gasteiger partial charge in [-0.1, -0.05) is 6.07 Å². The molecular formula is C18H17NO6. The lowest BCUT2D eigenvalue weighted by Gasteiger charge is -2.12. The zero-order valence-corrected chi connectivity index (χ0v) is 13.4. The van der Waals surface area contributed by atoms with Crippen LogP contribution in [0.15, 0.2) is 36.4 Å². The molecule has 0 fully saturated rings. The highest BCUT2D eigenvalue weighted by molar-refractivity contribution is 5.94. The highest BCUT2D eigenvalue weighted by Crippen LogP contribution is 2.35. The molecule has 130 valence electrons. The molecule has 0 unspecified atom stereocenters. The number of rotatable bonds is 5. The van der Waals surface area contributed by atoms with Crippen molar-refractivity contribution in [2.24, 2.45) is 0 Å². The van der Waals surface area contributed by atoms with Crippen LogP contribution in [0.25, 0.3) is 0 Å². The molecule has 25 heavy (non-hydrogen) atoms. The van der Waals surface area contributed by atoms with E-state index in [4.69, 9.17) is 18.9 Å². The fourth-order valence-electron chi connectivity index (χ4n) is 2.75. The average molecular weight is 343 g/mol. The number of aliphatic hydroxyl groups excluding tert-OH is 1. The molecule has 2 aliphatic heterocycles. The smallest absolute Gasteiger partial charge is 0.251 e. The number of nitrogens with one attached hydrogen (secondary N) is 1. The van der Waals surface area contributed by atoms with Crippen molar-refractivity contribution in [3.8, 4) is 23.0 Å². The molecule has 0 bridgehead atoms. The van der Waals surface area contributed by atoms with Crippen molar-refractivity contribution in [1.82, 2.24) is 5.32 Å². The maximum absolute atomic E-state index is 12.2. The summed E-state index contributed by atoms with van der Waals surface area (Å²) in [5.41, 5.74) is 1.21. The van der Waals surface area contributed by atoms with Crippen molar-refractivity contribution >= 4 is 5.91 Å². The van der Waals surface area contributed by atoms with E-state index in [0.717, 1.165) is 5.56 Å². The first kappa shape index (κ1) is 15.6. The van der Waals surface area contributed by atoms with Gasteiger partial charge in [0.2, 0.25) is 13.6 Å². The number of amides is 1. The standard InChI is InChI=1S/C18H17NO6/c20-13(11-1-3-14-16(7-11)24-9-22-14)5-6-19-18(21)12-2-4-15-17(8-12)25-10-23-15/h1-4,7-8,13,20H,5-6,9-10H2,(H,19,21)/t13-/m1/s1. The van der Waals surface area contributed by atoms with E-state index in [1.54, 1.807) is 36.4 Å². The first-order chi connectivity index (χ1) is 12.2. The minimum atomic E-state index is -0.702. The summed E-state index contributed by atoms with van der Waals surface area (Å²) in [4.78, 5) is 12.2. The number of aliphatic hydroxyl groups is 1. The van der Waals surface area contributed by atoms with Gasteiger partial charge in [0.05, 0.1) is 6.10 Å². The highest BCUT2D eigenvalue weighted by Gasteiger charge is 2.18. The summed E-state index contributed by atoms with van der Waals surface area (Å²) in [6, 6.07) is 10.3. The van der Waals surface area contributed by atoms with Crippen molar-refractivity contribution in [2.75, 3.05) is 20.1 Å².